The highest BCUT2D eigenvalue weighted by Gasteiger charge is 1.83. The third-order valence-corrected chi connectivity index (χ3v) is 0.841. The zero-order chi connectivity index (χ0) is 5.82. The fourth-order valence-electron chi connectivity index (χ4n) is 0.450. The van der Waals surface area contributed by atoms with Crippen molar-refractivity contribution in [2.45, 2.75) is 0 Å². The van der Waals surface area contributed by atoms with E-state index in [0.29, 0.717) is 0 Å². The molecule has 1 rings (SSSR count). The number of rotatable bonds is 1. The molecule has 0 saturated heterocycles. The van der Waals surface area contributed by atoms with Crippen LogP contribution in [0.2, 0.25) is 0 Å². The molecule has 0 saturated carbocycles. The van der Waals surface area contributed by atoms with Crippen LogP contribution >= 0.6 is 0 Å². The van der Waals surface area contributed by atoms with Crippen LogP contribution in [0.5, 0.6) is 0 Å². The predicted molar refractivity (Wildman–Crippen MR) is 30.8 cm³/mol. The van der Waals surface area contributed by atoms with Crippen LogP contribution in [0.3, 0.4) is 0 Å². The summed E-state index contributed by atoms with van der Waals surface area (Å²) in [6.45, 7) is 3.55. The topological polar surface area (TPSA) is 16.8 Å². The van der Waals surface area contributed by atoms with E-state index in [4.69, 9.17) is 0 Å². The van der Waals surface area contributed by atoms with Gasteiger partial charge in [-0.25, -0.2) is 4.57 Å². The highest BCUT2D eigenvalue weighted by Crippen LogP contribution is 1.68. The Hall–Kier alpha value is -1.18. The zero-order valence-electron chi connectivity index (χ0n) is 4.49. The molecule has 0 N–H and O–H groups in total. The van der Waals surface area contributed by atoms with Gasteiger partial charge in [-0.15, -0.1) is 0 Å². The fourth-order valence-corrected chi connectivity index (χ4v) is 0.450. The number of nitrogens with zero attached hydrogens (tertiary/aromatic N) is 2. The molecular formula is C6H7N2+. The van der Waals surface area contributed by atoms with Gasteiger partial charge in [0, 0.05) is 6.07 Å². The summed E-state index contributed by atoms with van der Waals surface area (Å²) < 4.78 is 1.78. The summed E-state index contributed by atoms with van der Waals surface area (Å²) in [6, 6.07) is 1.85. The van der Waals surface area contributed by atoms with Crippen molar-refractivity contribution >= 4 is 6.20 Å². The third kappa shape index (κ3) is 0.904. The average molecular weight is 107 g/mol. The Labute approximate surface area is 48.1 Å². The molecular weight excluding hydrogens is 100 g/mol. The molecule has 0 aliphatic carbocycles. The van der Waals surface area contributed by atoms with Crippen LogP contribution < -0.4 is 4.57 Å². The first-order chi connectivity index (χ1) is 3.93. The van der Waals surface area contributed by atoms with Gasteiger partial charge in [-0.3, -0.25) is 0 Å². The van der Waals surface area contributed by atoms with Crippen molar-refractivity contribution in [1.82, 2.24) is 4.98 Å². The second-order valence-corrected chi connectivity index (χ2v) is 1.38. The van der Waals surface area contributed by atoms with E-state index in [1.807, 2.05) is 12.3 Å². The van der Waals surface area contributed by atoms with E-state index in [0.717, 1.165) is 0 Å². The van der Waals surface area contributed by atoms with Crippen molar-refractivity contribution in [2.24, 2.45) is 0 Å². The van der Waals surface area contributed by atoms with Crippen molar-refractivity contribution < 1.29 is 4.57 Å². The van der Waals surface area contributed by atoms with Gasteiger partial charge in [0.15, 0.2) is 0 Å². The second-order valence-electron chi connectivity index (χ2n) is 1.38. The van der Waals surface area contributed by atoms with Gasteiger partial charge in [-0.2, -0.15) is 0 Å². The first-order valence-corrected chi connectivity index (χ1v) is 2.37. The molecule has 40 valence electrons. The normalized spacial score (nSPS) is 8.50. The van der Waals surface area contributed by atoms with Crippen LogP contribution in [0.4, 0.5) is 0 Å². The van der Waals surface area contributed by atoms with E-state index in [1.165, 1.54) is 0 Å². The quantitative estimate of drug-likeness (QED) is 0.477. The highest BCUT2D eigenvalue weighted by molar-refractivity contribution is 4.94. The van der Waals surface area contributed by atoms with Crippen LogP contribution in [0.1, 0.15) is 0 Å². The maximum atomic E-state index is 3.85. The van der Waals surface area contributed by atoms with E-state index in [1.54, 1.807) is 23.3 Å². The van der Waals surface area contributed by atoms with Gasteiger partial charge in [-0.05, 0) is 0 Å². The molecule has 0 unspecified atom stereocenters. The molecule has 1 aromatic heterocycles. The van der Waals surface area contributed by atoms with Gasteiger partial charge in [0.05, 0.1) is 12.4 Å². The fraction of sp³-hybridized carbons (Fsp3) is 0. The zero-order valence-corrected chi connectivity index (χ0v) is 4.49. The van der Waals surface area contributed by atoms with Crippen molar-refractivity contribution in [3.05, 3.63) is 31.4 Å². The Bertz CT molecular complexity index is 169. The van der Waals surface area contributed by atoms with Gasteiger partial charge in [-0.1, -0.05) is 11.6 Å². The van der Waals surface area contributed by atoms with Gasteiger partial charge in [0.2, 0.25) is 0 Å². The SMILES string of the molecule is C=C[n+]1cccnc1. The Balaban J connectivity index is 2.99. The molecule has 1 heterocycles. The molecule has 0 aliphatic heterocycles. The van der Waals surface area contributed by atoms with E-state index in [-0.39, 0.29) is 0 Å². The van der Waals surface area contributed by atoms with E-state index in [9.17, 15) is 0 Å². The summed E-state index contributed by atoms with van der Waals surface area (Å²) in [5.74, 6) is 0. The Morgan fingerprint density at radius 1 is 1.62 bits per heavy atom. The monoisotopic (exact) mass is 107 g/mol. The number of hydrogen-bond donors (Lipinski definition) is 0. The third-order valence-electron chi connectivity index (χ3n) is 0.841. The van der Waals surface area contributed by atoms with Gasteiger partial charge in [0.1, 0.15) is 6.20 Å². The Morgan fingerprint density at radius 2 is 2.50 bits per heavy atom. The van der Waals surface area contributed by atoms with Crippen LogP contribution in [-0.4, -0.2) is 4.98 Å². The van der Waals surface area contributed by atoms with Crippen LogP contribution in [0.25, 0.3) is 6.20 Å². The summed E-state index contributed by atoms with van der Waals surface area (Å²) in [7, 11) is 0. The van der Waals surface area contributed by atoms with Gasteiger partial charge >= 0.3 is 0 Å². The lowest BCUT2D eigenvalue weighted by molar-refractivity contribution is -0.571. The maximum Gasteiger partial charge on any atom is 0.290 e. The average Bonchev–Trinajstić information content (AvgIpc) is 1.90. The van der Waals surface area contributed by atoms with Crippen molar-refractivity contribution in [2.75, 3.05) is 0 Å². The molecule has 2 heteroatoms. The minimum atomic E-state index is 1.69. The van der Waals surface area contributed by atoms with E-state index < -0.39 is 0 Å². The second kappa shape index (κ2) is 2.21. The van der Waals surface area contributed by atoms with Gasteiger partial charge < -0.3 is 0 Å². The first kappa shape index (κ1) is 4.97. The van der Waals surface area contributed by atoms with Crippen LogP contribution in [0.15, 0.2) is 31.4 Å². The minimum absolute atomic E-state index is 1.69. The minimum Gasteiger partial charge on any atom is -0.210 e. The summed E-state index contributed by atoms with van der Waals surface area (Å²) in [5, 5.41) is 0. The maximum absolute atomic E-state index is 3.85. The lowest BCUT2D eigenvalue weighted by atomic mass is 10.7. The summed E-state index contributed by atoms with van der Waals surface area (Å²) >= 11 is 0. The smallest absolute Gasteiger partial charge is 0.210 e. The molecule has 0 aromatic carbocycles. The van der Waals surface area contributed by atoms with Crippen molar-refractivity contribution in [3.8, 4) is 0 Å². The molecule has 0 spiro atoms. The largest absolute Gasteiger partial charge is 0.290 e. The van der Waals surface area contributed by atoms with Crippen LogP contribution in [0, 0.1) is 0 Å². The highest BCUT2D eigenvalue weighted by atomic mass is 15.0. The molecule has 0 bridgehead atoms. The van der Waals surface area contributed by atoms with Crippen molar-refractivity contribution in [1.29, 1.82) is 0 Å². The molecule has 8 heavy (non-hydrogen) atoms. The first-order valence-electron chi connectivity index (χ1n) is 2.37. The molecule has 0 radical (unpaired) electrons. The summed E-state index contributed by atoms with van der Waals surface area (Å²) in [6.07, 6.45) is 6.97. The van der Waals surface area contributed by atoms with Gasteiger partial charge in [0.25, 0.3) is 6.33 Å². The molecule has 2 nitrogen and oxygen atoms in total. The summed E-state index contributed by atoms with van der Waals surface area (Å²) in [5.41, 5.74) is 0. The van der Waals surface area contributed by atoms with Crippen LogP contribution in [-0.2, 0) is 0 Å². The predicted octanol–water partition coefficient (Wildman–Crippen LogP) is 0.470. The molecule has 0 atom stereocenters. The van der Waals surface area contributed by atoms with E-state index >= 15 is 0 Å². The Morgan fingerprint density at radius 3 is 2.88 bits per heavy atom. The molecule has 0 aliphatic rings. The van der Waals surface area contributed by atoms with Crippen molar-refractivity contribution in [3.63, 3.8) is 0 Å². The molecule has 0 fully saturated rings. The molecule has 0 amide bonds. The lowest BCUT2D eigenvalue weighted by Crippen LogP contribution is -2.23. The lowest BCUT2D eigenvalue weighted by Gasteiger charge is -1.80. The molecule has 1 aromatic rings. The van der Waals surface area contributed by atoms with E-state index in [2.05, 4.69) is 11.6 Å². The summed E-state index contributed by atoms with van der Waals surface area (Å²) in [4.78, 5) is 3.85. The number of aromatic nitrogens is 2. The number of hydrogen-bond acceptors (Lipinski definition) is 1. The Kier molecular flexibility index (Phi) is 1.37. The standard InChI is InChI=1S/C6H7N2/c1-2-8-5-3-4-7-6-8/h2-6H,1H2/q+1.